The second kappa shape index (κ2) is 6.76. The van der Waals surface area contributed by atoms with Gasteiger partial charge >= 0.3 is 0 Å². The molecule has 7 nitrogen and oxygen atoms in total. The van der Waals surface area contributed by atoms with Crippen molar-refractivity contribution < 1.29 is 23.5 Å². The summed E-state index contributed by atoms with van der Waals surface area (Å²) in [5.74, 6) is -0.565. The first-order valence-corrected chi connectivity index (χ1v) is 8.56. The van der Waals surface area contributed by atoms with Gasteiger partial charge in [0, 0.05) is 18.7 Å². The van der Waals surface area contributed by atoms with Crippen LogP contribution in [0.25, 0.3) is 0 Å². The van der Waals surface area contributed by atoms with Crippen LogP contribution in [0.2, 0.25) is 0 Å². The molecule has 2 aliphatic rings. The molecule has 2 aliphatic heterocycles. The van der Waals surface area contributed by atoms with E-state index in [0.717, 1.165) is 24.3 Å². The van der Waals surface area contributed by atoms with Crippen molar-refractivity contribution in [2.24, 2.45) is 0 Å². The molecule has 26 heavy (non-hydrogen) atoms. The van der Waals surface area contributed by atoms with Crippen molar-refractivity contribution in [3.05, 3.63) is 59.0 Å². The van der Waals surface area contributed by atoms with Gasteiger partial charge in [-0.1, -0.05) is 0 Å². The van der Waals surface area contributed by atoms with Crippen LogP contribution in [0.4, 0.5) is 0 Å². The Labute approximate surface area is 149 Å². The zero-order chi connectivity index (χ0) is 18.1. The van der Waals surface area contributed by atoms with Crippen LogP contribution >= 0.6 is 0 Å². The summed E-state index contributed by atoms with van der Waals surface area (Å²) in [4.78, 5) is 38.5. The highest BCUT2D eigenvalue weighted by Gasteiger charge is 2.36. The van der Waals surface area contributed by atoms with Gasteiger partial charge in [-0.2, -0.15) is 0 Å². The molecule has 0 spiro atoms. The summed E-state index contributed by atoms with van der Waals surface area (Å²) in [5, 5.41) is 2.82. The first-order chi connectivity index (χ1) is 12.6. The van der Waals surface area contributed by atoms with Crippen molar-refractivity contribution in [1.29, 1.82) is 0 Å². The maximum atomic E-state index is 12.6. The molecule has 0 saturated carbocycles. The number of rotatable bonds is 5. The molecule has 1 unspecified atom stereocenters. The monoisotopic (exact) mass is 354 g/mol. The van der Waals surface area contributed by atoms with E-state index >= 15 is 0 Å². The minimum atomic E-state index is -0.421. The van der Waals surface area contributed by atoms with Gasteiger partial charge in [0.2, 0.25) is 0 Å². The molecule has 1 fully saturated rings. The number of amides is 3. The van der Waals surface area contributed by atoms with Crippen molar-refractivity contribution >= 4 is 17.7 Å². The van der Waals surface area contributed by atoms with Gasteiger partial charge < -0.3 is 14.5 Å². The lowest BCUT2D eigenvalue weighted by Gasteiger charge is -2.11. The molecule has 0 aliphatic carbocycles. The third kappa shape index (κ3) is 3.01. The standard InChI is InChI=1S/C19H18N2O5/c22-17(20-10-13-3-1-7-25-13)12-5-6-15-16(9-12)19(24)21(18(15)23)11-14-4-2-8-26-14/h2,4-6,8-9,13H,1,3,7,10-11H2,(H,20,22). The van der Waals surface area contributed by atoms with Crippen LogP contribution in [0.1, 0.15) is 49.7 Å². The molecule has 3 amide bonds. The fourth-order valence-electron chi connectivity index (χ4n) is 3.25. The minimum Gasteiger partial charge on any atom is -0.467 e. The van der Waals surface area contributed by atoms with Gasteiger partial charge in [0.1, 0.15) is 5.76 Å². The van der Waals surface area contributed by atoms with E-state index in [9.17, 15) is 14.4 Å². The number of hydrogen-bond acceptors (Lipinski definition) is 5. The lowest BCUT2D eigenvalue weighted by molar-refractivity contribution is 0.0631. The molecule has 1 aromatic heterocycles. The zero-order valence-corrected chi connectivity index (χ0v) is 14.1. The molecule has 1 N–H and O–H groups in total. The highest BCUT2D eigenvalue weighted by molar-refractivity contribution is 6.21. The second-order valence-corrected chi connectivity index (χ2v) is 6.38. The molecule has 134 valence electrons. The van der Waals surface area contributed by atoms with Gasteiger partial charge in [-0.15, -0.1) is 0 Å². The Morgan fingerprint density at radius 1 is 1.19 bits per heavy atom. The number of nitrogens with zero attached hydrogens (tertiary/aromatic N) is 1. The van der Waals surface area contributed by atoms with Crippen molar-refractivity contribution in [1.82, 2.24) is 10.2 Å². The number of ether oxygens (including phenoxy) is 1. The van der Waals surface area contributed by atoms with E-state index in [1.165, 1.54) is 18.4 Å². The normalized spacial score (nSPS) is 19.1. The van der Waals surface area contributed by atoms with Gasteiger partial charge in [0.25, 0.3) is 17.7 Å². The minimum absolute atomic E-state index is 0.0420. The first-order valence-electron chi connectivity index (χ1n) is 8.56. The SMILES string of the molecule is O=C(NCC1CCCO1)c1ccc2c(c1)C(=O)N(Cc1ccco1)C2=O. The summed E-state index contributed by atoms with van der Waals surface area (Å²) in [7, 11) is 0. The second-order valence-electron chi connectivity index (χ2n) is 6.38. The molecule has 0 radical (unpaired) electrons. The van der Waals surface area contributed by atoms with Crippen molar-refractivity contribution in [3.63, 3.8) is 0 Å². The maximum Gasteiger partial charge on any atom is 0.261 e. The van der Waals surface area contributed by atoms with Gasteiger partial charge in [-0.25, -0.2) is 0 Å². The fraction of sp³-hybridized carbons (Fsp3) is 0.316. The quantitative estimate of drug-likeness (QED) is 0.830. The van der Waals surface area contributed by atoms with Gasteiger partial charge in [0.15, 0.2) is 0 Å². The number of hydrogen-bond donors (Lipinski definition) is 1. The Morgan fingerprint density at radius 2 is 2.04 bits per heavy atom. The topological polar surface area (TPSA) is 88.8 Å². The van der Waals surface area contributed by atoms with E-state index in [4.69, 9.17) is 9.15 Å². The lowest BCUT2D eigenvalue weighted by atomic mass is 10.1. The number of furan rings is 1. The molecular weight excluding hydrogens is 336 g/mol. The van der Waals surface area contributed by atoms with Crippen LogP contribution in [-0.4, -0.2) is 41.9 Å². The summed E-state index contributed by atoms with van der Waals surface area (Å²) in [6, 6.07) is 7.96. The lowest BCUT2D eigenvalue weighted by Crippen LogP contribution is -2.31. The molecule has 7 heteroatoms. The average Bonchev–Trinajstić information content (AvgIpc) is 3.39. The Bertz CT molecular complexity index is 853. The number of carbonyl (C=O) groups is 3. The average molecular weight is 354 g/mol. The molecule has 1 saturated heterocycles. The molecule has 0 bridgehead atoms. The molecule has 1 aromatic carbocycles. The third-order valence-corrected chi connectivity index (χ3v) is 4.64. The summed E-state index contributed by atoms with van der Waals surface area (Å²) in [6.07, 6.45) is 3.46. The molecule has 4 rings (SSSR count). The van der Waals surface area contributed by atoms with Crippen molar-refractivity contribution in [3.8, 4) is 0 Å². The van der Waals surface area contributed by atoms with E-state index < -0.39 is 5.91 Å². The van der Waals surface area contributed by atoms with Crippen LogP contribution in [0.5, 0.6) is 0 Å². The third-order valence-electron chi connectivity index (χ3n) is 4.64. The van der Waals surface area contributed by atoms with Crippen LogP contribution in [0.15, 0.2) is 41.0 Å². The van der Waals surface area contributed by atoms with Crippen LogP contribution in [0.3, 0.4) is 0 Å². The number of carbonyl (C=O) groups excluding carboxylic acids is 3. The van der Waals surface area contributed by atoms with Gasteiger partial charge in [-0.05, 0) is 43.2 Å². The van der Waals surface area contributed by atoms with Crippen LogP contribution in [-0.2, 0) is 11.3 Å². The molecule has 3 heterocycles. The van der Waals surface area contributed by atoms with E-state index in [2.05, 4.69) is 5.32 Å². The Kier molecular flexibility index (Phi) is 4.30. The summed E-state index contributed by atoms with van der Waals surface area (Å²) in [6.45, 7) is 1.23. The Hall–Kier alpha value is -2.93. The van der Waals surface area contributed by atoms with Crippen LogP contribution in [0, 0.1) is 0 Å². The molecular formula is C19H18N2O5. The van der Waals surface area contributed by atoms with E-state index in [1.54, 1.807) is 18.2 Å². The van der Waals surface area contributed by atoms with Crippen molar-refractivity contribution in [2.75, 3.05) is 13.2 Å². The predicted octanol–water partition coefficient (Wildman–Crippen LogP) is 1.98. The predicted molar refractivity (Wildman–Crippen MR) is 90.7 cm³/mol. The Balaban J connectivity index is 1.49. The number of imide groups is 1. The highest BCUT2D eigenvalue weighted by atomic mass is 16.5. The van der Waals surface area contributed by atoms with Gasteiger partial charge in [-0.3, -0.25) is 19.3 Å². The summed E-state index contributed by atoms with van der Waals surface area (Å²) >= 11 is 0. The zero-order valence-electron chi connectivity index (χ0n) is 14.1. The van der Waals surface area contributed by atoms with Crippen LogP contribution < -0.4 is 5.32 Å². The fourth-order valence-corrected chi connectivity index (χ4v) is 3.25. The van der Waals surface area contributed by atoms with Crippen molar-refractivity contribution in [2.45, 2.75) is 25.5 Å². The maximum absolute atomic E-state index is 12.6. The van der Waals surface area contributed by atoms with Gasteiger partial charge in [0.05, 0.1) is 30.0 Å². The number of benzene rings is 1. The van der Waals surface area contributed by atoms with E-state index in [-0.39, 0.29) is 30.0 Å². The Morgan fingerprint density at radius 3 is 2.77 bits per heavy atom. The molecule has 2 aromatic rings. The smallest absolute Gasteiger partial charge is 0.261 e. The highest BCUT2D eigenvalue weighted by Crippen LogP contribution is 2.26. The molecule has 1 atom stereocenters. The number of nitrogens with one attached hydrogen (secondary N) is 1. The number of fused-ring (bicyclic) bond motifs is 1. The summed E-state index contributed by atoms with van der Waals surface area (Å²) in [5.41, 5.74) is 0.895. The first kappa shape index (κ1) is 16.5. The van der Waals surface area contributed by atoms with E-state index in [0.29, 0.717) is 23.4 Å². The summed E-state index contributed by atoms with van der Waals surface area (Å²) < 4.78 is 10.7. The van der Waals surface area contributed by atoms with E-state index in [1.807, 2.05) is 0 Å². The largest absolute Gasteiger partial charge is 0.467 e.